The molecule has 1 atom stereocenters. The lowest BCUT2D eigenvalue weighted by atomic mass is 9.87. The van der Waals surface area contributed by atoms with Gasteiger partial charge in [0.1, 0.15) is 6.04 Å². The van der Waals surface area contributed by atoms with Crippen molar-refractivity contribution in [3.8, 4) is 11.5 Å². The normalized spacial score (nSPS) is 12.4. The summed E-state index contributed by atoms with van der Waals surface area (Å²) in [4.78, 5) is 22.7. The number of carbonyl (C=O) groups excluding carboxylic acids is 1. The van der Waals surface area contributed by atoms with Gasteiger partial charge < -0.3 is 20.2 Å². The van der Waals surface area contributed by atoms with Gasteiger partial charge in [-0.2, -0.15) is 0 Å². The number of carboxylic acids is 1. The largest absolute Gasteiger partial charge is 0.481 e. The quantitative estimate of drug-likeness (QED) is 0.406. The Bertz CT molecular complexity index is 1110. The number of hydrogen-bond donors (Lipinski definition) is 3. The standard InChI is InChI=1S/C26H32N4O4/c1-16(2)22(28-20-12-8-17(9-13-20)23(33)27-15-14-21(31)32)25-30-29-24(34-25)18-6-10-19(11-7-18)26(3,4)5/h6-13,16,22,28H,14-15H2,1-5H3,(H,27,33)(H,31,32)/t22-/m0/s1. The molecule has 0 radical (unpaired) electrons. The van der Waals surface area contributed by atoms with Gasteiger partial charge >= 0.3 is 5.97 Å². The fourth-order valence-corrected chi connectivity index (χ4v) is 3.39. The van der Waals surface area contributed by atoms with Crippen LogP contribution >= 0.6 is 0 Å². The first-order valence-electron chi connectivity index (χ1n) is 11.4. The van der Waals surface area contributed by atoms with Crippen LogP contribution in [-0.2, 0) is 10.2 Å². The van der Waals surface area contributed by atoms with Gasteiger partial charge in [0.25, 0.3) is 5.91 Å². The van der Waals surface area contributed by atoms with Crippen LogP contribution in [0.2, 0.25) is 0 Å². The van der Waals surface area contributed by atoms with Crippen LogP contribution in [0.25, 0.3) is 11.5 Å². The topological polar surface area (TPSA) is 117 Å². The number of benzene rings is 2. The highest BCUT2D eigenvalue weighted by Gasteiger charge is 2.23. The molecule has 0 aliphatic carbocycles. The molecule has 8 heteroatoms. The van der Waals surface area contributed by atoms with Gasteiger partial charge in [-0.25, -0.2) is 0 Å². The molecule has 34 heavy (non-hydrogen) atoms. The van der Waals surface area contributed by atoms with Crippen molar-refractivity contribution < 1.29 is 19.1 Å². The fraction of sp³-hybridized carbons (Fsp3) is 0.385. The van der Waals surface area contributed by atoms with E-state index in [0.29, 0.717) is 17.3 Å². The second-order valence-corrected chi connectivity index (χ2v) is 9.62. The monoisotopic (exact) mass is 464 g/mol. The van der Waals surface area contributed by atoms with E-state index in [-0.39, 0.29) is 36.2 Å². The Hall–Kier alpha value is -3.68. The van der Waals surface area contributed by atoms with Crippen LogP contribution in [0.1, 0.15) is 68.9 Å². The number of aromatic nitrogens is 2. The maximum atomic E-state index is 12.1. The van der Waals surface area contributed by atoms with E-state index in [2.05, 4.69) is 67.6 Å². The summed E-state index contributed by atoms with van der Waals surface area (Å²) in [6.07, 6.45) is -0.117. The van der Waals surface area contributed by atoms with E-state index in [9.17, 15) is 9.59 Å². The van der Waals surface area contributed by atoms with Crippen molar-refractivity contribution in [2.75, 3.05) is 11.9 Å². The number of carboxylic acid groups (broad SMARTS) is 1. The van der Waals surface area contributed by atoms with E-state index in [1.807, 2.05) is 12.1 Å². The van der Waals surface area contributed by atoms with E-state index >= 15 is 0 Å². The molecule has 0 saturated heterocycles. The molecule has 3 aromatic rings. The van der Waals surface area contributed by atoms with Crippen LogP contribution < -0.4 is 10.6 Å². The van der Waals surface area contributed by atoms with E-state index in [0.717, 1.165) is 11.3 Å². The van der Waals surface area contributed by atoms with Gasteiger partial charge in [-0.15, -0.1) is 10.2 Å². The predicted molar refractivity (Wildman–Crippen MR) is 131 cm³/mol. The fourth-order valence-electron chi connectivity index (χ4n) is 3.39. The highest BCUT2D eigenvalue weighted by molar-refractivity contribution is 5.94. The van der Waals surface area contributed by atoms with Crippen LogP contribution in [0.4, 0.5) is 5.69 Å². The van der Waals surface area contributed by atoms with Gasteiger partial charge in [0.15, 0.2) is 0 Å². The van der Waals surface area contributed by atoms with Crippen molar-refractivity contribution in [2.45, 2.75) is 52.5 Å². The number of nitrogens with one attached hydrogen (secondary N) is 2. The zero-order valence-electron chi connectivity index (χ0n) is 20.3. The lowest BCUT2D eigenvalue weighted by Gasteiger charge is -2.20. The minimum absolute atomic E-state index is 0.0693. The molecule has 1 amide bonds. The van der Waals surface area contributed by atoms with Crippen molar-refractivity contribution in [3.63, 3.8) is 0 Å². The SMILES string of the molecule is CC(C)[C@H](Nc1ccc(C(=O)NCCC(=O)O)cc1)c1nnc(-c2ccc(C(C)(C)C)cc2)o1. The number of aliphatic carboxylic acids is 1. The van der Waals surface area contributed by atoms with Gasteiger partial charge in [-0.1, -0.05) is 46.8 Å². The summed E-state index contributed by atoms with van der Waals surface area (Å²) in [5, 5.41) is 23.2. The summed E-state index contributed by atoms with van der Waals surface area (Å²) in [5.74, 6) is -0.148. The molecular formula is C26H32N4O4. The summed E-state index contributed by atoms with van der Waals surface area (Å²) >= 11 is 0. The molecule has 0 saturated carbocycles. The summed E-state index contributed by atoms with van der Waals surface area (Å²) in [7, 11) is 0. The molecule has 0 bridgehead atoms. The first kappa shape index (κ1) is 25.0. The summed E-state index contributed by atoms with van der Waals surface area (Å²) in [6, 6.07) is 14.9. The third-order valence-electron chi connectivity index (χ3n) is 5.46. The lowest BCUT2D eigenvalue weighted by Crippen LogP contribution is -2.26. The smallest absolute Gasteiger partial charge is 0.305 e. The highest BCUT2D eigenvalue weighted by Crippen LogP contribution is 2.30. The molecule has 0 aliphatic rings. The van der Waals surface area contributed by atoms with Crippen molar-refractivity contribution in [1.29, 1.82) is 0 Å². The Morgan fingerprint density at radius 3 is 2.21 bits per heavy atom. The average molecular weight is 465 g/mol. The van der Waals surface area contributed by atoms with E-state index in [1.54, 1.807) is 24.3 Å². The maximum absolute atomic E-state index is 12.1. The minimum Gasteiger partial charge on any atom is -0.481 e. The molecule has 1 aromatic heterocycles. The molecule has 0 spiro atoms. The third kappa shape index (κ3) is 6.43. The van der Waals surface area contributed by atoms with Crippen molar-refractivity contribution in [1.82, 2.24) is 15.5 Å². The number of carbonyl (C=O) groups is 2. The Balaban J connectivity index is 1.70. The minimum atomic E-state index is -0.953. The number of anilines is 1. The van der Waals surface area contributed by atoms with Crippen molar-refractivity contribution >= 4 is 17.6 Å². The van der Waals surface area contributed by atoms with Gasteiger partial charge in [0.05, 0.1) is 6.42 Å². The Labute approximate surface area is 199 Å². The molecule has 3 N–H and O–H groups in total. The lowest BCUT2D eigenvalue weighted by molar-refractivity contribution is -0.136. The Kier molecular flexibility index (Phi) is 7.71. The zero-order chi connectivity index (χ0) is 24.9. The van der Waals surface area contributed by atoms with E-state index < -0.39 is 5.97 Å². The Morgan fingerprint density at radius 1 is 1.00 bits per heavy atom. The second-order valence-electron chi connectivity index (χ2n) is 9.62. The van der Waals surface area contributed by atoms with E-state index in [4.69, 9.17) is 9.52 Å². The van der Waals surface area contributed by atoms with Crippen molar-refractivity contribution in [3.05, 3.63) is 65.5 Å². The van der Waals surface area contributed by atoms with Crippen LogP contribution in [-0.4, -0.2) is 33.7 Å². The zero-order valence-corrected chi connectivity index (χ0v) is 20.3. The molecule has 0 unspecified atom stereocenters. The number of nitrogens with zero attached hydrogens (tertiary/aromatic N) is 2. The highest BCUT2D eigenvalue weighted by atomic mass is 16.4. The maximum Gasteiger partial charge on any atom is 0.305 e. The molecular weight excluding hydrogens is 432 g/mol. The molecule has 1 heterocycles. The van der Waals surface area contributed by atoms with Crippen LogP contribution in [0.3, 0.4) is 0 Å². The van der Waals surface area contributed by atoms with E-state index in [1.165, 1.54) is 5.56 Å². The first-order chi connectivity index (χ1) is 16.0. The molecule has 2 aromatic carbocycles. The summed E-state index contributed by atoms with van der Waals surface area (Å²) < 4.78 is 6.02. The number of amides is 1. The number of hydrogen-bond acceptors (Lipinski definition) is 6. The summed E-state index contributed by atoms with van der Waals surface area (Å²) in [5.41, 5.74) is 3.43. The predicted octanol–water partition coefficient (Wildman–Crippen LogP) is 5.05. The van der Waals surface area contributed by atoms with Crippen LogP contribution in [0.15, 0.2) is 52.9 Å². The van der Waals surface area contributed by atoms with Gasteiger partial charge in [0.2, 0.25) is 11.8 Å². The molecule has 0 fully saturated rings. The molecule has 0 aliphatic heterocycles. The molecule has 180 valence electrons. The van der Waals surface area contributed by atoms with Gasteiger partial charge in [-0.3, -0.25) is 9.59 Å². The Morgan fingerprint density at radius 2 is 1.65 bits per heavy atom. The van der Waals surface area contributed by atoms with Gasteiger partial charge in [0, 0.05) is 23.4 Å². The van der Waals surface area contributed by atoms with Crippen LogP contribution in [0, 0.1) is 5.92 Å². The van der Waals surface area contributed by atoms with Gasteiger partial charge in [-0.05, 0) is 53.3 Å². The second kappa shape index (κ2) is 10.5. The first-order valence-corrected chi connectivity index (χ1v) is 11.4. The average Bonchev–Trinajstić information content (AvgIpc) is 3.26. The molecule has 3 rings (SSSR count). The molecule has 8 nitrogen and oxygen atoms in total. The third-order valence-corrected chi connectivity index (χ3v) is 5.46. The number of rotatable bonds is 9. The van der Waals surface area contributed by atoms with Crippen molar-refractivity contribution in [2.24, 2.45) is 5.92 Å². The van der Waals surface area contributed by atoms with Crippen LogP contribution in [0.5, 0.6) is 0 Å². The summed E-state index contributed by atoms with van der Waals surface area (Å²) in [6.45, 7) is 10.7.